The number of aryl methyl sites for hydroxylation is 1. The van der Waals surface area contributed by atoms with Gasteiger partial charge in [0.15, 0.2) is 6.61 Å². The van der Waals surface area contributed by atoms with Gasteiger partial charge in [-0.25, -0.2) is 0 Å². The van der Waals surface area contributed by atoms with Gasteiger partial charge in [0, 0.05) is 15.1 Å². The third kappa shape index (κ3) is 5.26. The maximum absolute atomic E-state index is 11.9. The molecule has 0 aliphatic rings. The van der Waals surface area contributed by atoms with E-state index in [0.29, 0.717) is 16.3 Å². The Kier molecular flexibility index (Phi) is 6.01. The average molecular weight is 398 g/mol. The Hall–Kier alpha value is -2.05. The fourth-order valence-electron chi connectivity index (χ4n) is 1.72. The molecule has 2 N–H and O–H groups in total. The van der Waals surface area contributed by atoms with Gasteiger partial charge in [0.1, 0.15) is 5.75 Å². The molecule has 0 heterocycles. The summed E-state index contributed by atoms with van der Waals surface area (Å²) in [5, 5.41) is 0.628. The van der Waals surface area contributed by atoms with Crippen LogP contribution in [0.4, 0.5) is 0 Å². The molecule has 0 saturated carbocycles. The number of carbonyl (C=O) groups excluding carboxylic acids is 2. The standard InChI is InChI=1S/C16H14BrClN2O3/c1-10-7-13(5-6-14(10)18)23-9-15(21)19-20-16(22)11-3-2-4-12(17)8-11/h2-8H,9H2,1H3,(H,19,21)(H,20,22). The maximum atomic E-state index is 11.9. The lowest BCUT2D eigenvalue weighted by Crippen LogP contribution is -2.43. The molecule has 0 bridgehead atoms. The zero-order valence-electron chi connectivity index (χ0n) is 12.2. The lowest BCUT2D eigenvalue weighted by Gasteiger charge is -2.09. The second-order valence-electron chi connectivity index (χ2n) is 4.71. The molecule has 0 unspecified atom stereocenters. The van der Waals surface area contributed by atoms with E-state index < -0.39 is 11.8 Å². The van der Waals surface area contributed by atoms with E-state index in [2.05, 4.69) is 26.8 Å². The number of nitrogens with one attached hydrogen (secondary N) is 2. The fraction of sp³-hybridized carbons (Fsp3) is 0.125. The molecule has 7 heteroatoms. The summed E-state index contributed by atoms with van der Waals surface area (Å²) < 4.78 is 6.11. The lowest BCUT2D eigenvalue weighted by atomic mass is 10.2. The number of carbonyl (C=O) groups is 2. The summed E-state index contributed by atoms with van der Waals surface area (Å²) in [5.74, 6) is -0.358. The molecule has 2 aromatic rings. The van der Waals surface area contributed by atoms with Crippen LogP contribution in [0.15, 0.2) is 46.9 Å². The van der Waals surface area contributed by atoms with Gasteiger partial charge in [-0.15, -0.1) is 0 Å². The predicted octanol–water partition coefficient (Wildman–Crippen LogP) is 3.25. The molecule has 2 amide bonds. The molecule has 2 aromatic carbocycles. The van der Waals surface area contributed by atoms with Crippen LogP contribution >= 0.6 is 27.5 Å². The third-order valence-corrected chi connectivity index (χ3v) is 3.82. The molecular formula is C16H14BrClN2O3. The van der Waals surface area contributed by atoms with Gasteiger partial charge in [-0.3, -0.25) is 20.4 Å². The Balaban J connectivity index is 1.81. The van der Waals surface area contributed by atoms with Gasteiger partial charge in [-0.05, 0) is 48.9 Å². The van der Waals surface area contributed by atoms with Crippen LogP contribution in [0.25, 0.3) is 0 Å². The van der Waals surface area contributed by atoms with Crippen molar-refractivity contribution in [3.63, 3.8) is 0 Å². The van der Waals surface area contributed by atoms with Crippen molar-refractivity contribution in [1.82, 2.24) is 10.9 Å². The number of halogens is 2. The van der Waals surface area contributed by atoms with Gasteiger partial charge in [-0.1, -0.05) is 33.6 Å². The van der Waals surface area contributed by atoms with E-state index in [-0.39, 0.29) is 6.61 Å². The highest BCUT2D eigenvalue weighted by Gasteiger charge is 2.08. The van der Waals surface area contributed by atoms with Gasteiger partial charge in [0.25, 0.3) is 11.8 Å². The van der Waals surface area contributed by atoms with Crippen molar-refractivity contribution in [2.75, 3.05) is 6.61 Å². The van der Waals surface area contributed by atoms with Crippen molar-refractivity contribution in [1.29, 1.82) is 0 Å². The van der Waals surface area contributed by atoms with E-state index in [9.17, 15) is 9.59 Å². The number of ether oxygens (including phenoxy) is 1. The molecule has 2 rings (SSSR count). The minimum atomic E-state index is -0.471. The number of hydrazine groups is 1. The largest absolute Gasteiger partial charge is 0.484 e. The molecule has 0 atom stereocenters. The zero-order valence-corrected chi connectivity index (χ0v) is 14.6. The number of benzene rings is 2. The maximum Gasteiger partial charge on any atom is 0.276 e. The number of hydrogen-bond acceptors (Lipinski definition) is 3. The summed E-state index contributed by atoms with van der Waals surface area (Å²) in [5.41, 5.74) is 5.89. The summed E-state index contributed by atoms with van der Waals surface area (Å²) in [4.78, 5) is 23.5. The van der Waals surface area contributed by atoms with Crippen molar-refractivity contribution in [2.45, 2.75) is 6.92 Å². The van der Waals surface area contributed by atoms with Gasteiger partial charge in [0.2, 0.25) is 0 Å². The van der Waals surface area contributed by atoms with E-state index in [1.807, 2.05) is 6.92 Å². The molecule has 23 heavy (non-hydrogen) atoms. The Bertz CT molecular complexity index is 737. The minimum absolute atomic E-state index is 0.222. The van der Waals surface area contributed by atoms with E-state index >= 15 is 0 Å². The summed E-state index contributed by atoms with van der Waals surface area (Å²) in [7, 11) is 0. The molecule has 0 aromatic heterocycles. The normalized spacial score (nSPS) is 10.0. The highest BCUT2D eigenvalue weighted by molar-refractivity contribution is 9.10. The molecular weight excluding hydrogens is 384 g/mol. The number of hydrogen-bond donors (Lipinski definition) is 2. The van der Waals surface area contributed by atoms with Crippen molar-refractivity contribution < 1.29 is 14.3 Å². The van der Waals surface area contributed by atoms with Crippen LogP contribution in [0.3, 0.4) is 0 Å². The van der Waals surface area contributed by atoms with Gasteiger partial charge in [0.05, 0.1) is 0 Å². The van der Waals surface area contributed by atoms with E-state index in [1.165, 1.54) is 0 Å². The Morgan fingerprint density at radius 2 is 1.96 bits per heavy atom. The summed E-state index contributed by atoms with van der Waals surface area (Å²) in [6.07, 6.45) is 0. The highest BCUT2D eigenvalue weighted by atomic mass is 79.9. The number of rotatable bonds is 4. The summed E-state index contributed by atoms with van der Waals surface area (Å²) in [6.45, 7) is 1.62. The smallest absolute Gasteiger partial charge is 0.276 e. The Morgan fingerprint density at radius 1 is 1.17 bits per heavy atom. The summed E-state index contributed by atoms with van der Waals surface area (Å²) >= 11 is 9.19. The minimum Gasteiger partial charge on any atom is -0.484 e. The topological polar surface area (TPSA) is 67.4 Å². The van der Waals surface area contributed by atoms with Crippen LogP contribution in [0.1, 0.15) is 15.9 Å². The van der Waals surface area contributed by atoms with Crippen molar-refractivity contribution in [2.24, 2.45) is 0 Å². The van der Waals surface area contributed by atoms with Crippen LogP contribution < -0.4 is 15.6 Å². The van der Waals surface area contributed by atoms with Crippen molar-refractivity contribution >= 4 is 39.3 Å². The molecule has 120 valence electrons. The first-order chi connectivity index (χ1) is 11.0. The number of amides is 2. The second-order valence-corrected chi connectivity index (χ2v) is 6.04. The molecule has 0 aliphatic heterocycles. The first-order valence-corrected chi connectivity index (χ1v) is 7.86. The van der Waals surface area contributed by atoms with E-state index in [1.54, 1.807) is 42.5 Å². The van der Waals surface area contributed by atoms with Crippen molar-refractivity contribution in [3.8, 4) is 5.75 Å². The molecule has 0 spiro atoms. The monoisotopic (exact) mass is 396 g/mol. The molecule has 0 radical (unpaired) electrons. The SMILES string of the molecule is Cc1cc(OCC(=O)NNC(=O)c2cccc(Br)c2)ccc1Cl. The van der Waals surface area contributed by atoms with Crippen LogP contribution in [-0.2, 0) is 4.79 Å². The first kappa shape index (κ1) is 17.3. The van der Waals surface area contributed by atoms with E-state index in [4.69, 9.17) is 16.3 Å². The quantitative estimate of drug-likeness (QED) is 0.778. The summed E-state index contributed by atoms with van der Waals surface area (Å²) in [6, 6.07) is 11.9. The predicted molar refractivity (Wildman–Crippen MR) is 91.4 cm³/mol. The molecule has 0 fully saturated rings. The van der Waals surface area contributed by atoms with Crippen LogP contribution in [0.2, 0.25) is 5.02 Å². The van der Waals surface area contributed by atoms with E-state index in [0.717, 1.165) is 10.0 Å². The molecule has 0 saturated heterocycles. The Morgan fingerprint density at radius 3 is 2.65 bits per heavy atom. The van der Waals surface area contributed by atoms with Gasteiger partial charge >= 0.3 is 0 Å². The third-order valence-electron chi connectivity index (χ3n) is 2.90. The second kappa shape index (κ2) is 7.99. The first-order valence-electron chi connectivity index (χ1n) is 6.69. The Labute approximate surface area is 147 Å². The van der Waals surface area contributed by atoms with Crippen LogP contribution in [-0.4, -0.2) is 18.4 Å². The van der Waals surface area contributed by atoms with Crippen LogP contribution in [0.5, 0.6) is 5.75 Å². The fourth-order valence-corrected chi connectivity index (χ4v) is 2.24. The molecule has 0 aliphatic carbocycles. The van der Waals surface area contributed by atoms with Gasteiger partial charge < -0.3 is 4.74 Å². The highest BCUT2D eigenvalue weighted by Crippen LogP contribution is 2.20. The van der Waals surface area contributed by atoms with Crippen molar-refractivity contribution in [3.05, 3.63) is 63.1 Å². The average Bonchev–Trinajstić information content (AvgIpc) is 2.53. The van der Waals surface area contributed by atoms with Gasteiger partial charge in [-0.2, -0.15) is 0 Å². The lowest BCUT2D eigenvalue weighted by molar-refractivity contribution is -0.123. The zero-order chi connectivity index (χ0) is 16.8. The molecule has 5 nitrogen and oxygen atoms in total. The van der Waals surface area contributed by atoms with Crippen LogP contribution in [0, 0.1) is 6.92 Å².